The molecule has 0 bridgehead atoms. The van der Waals surface area contributed by atoms with Gasteiger partial charge in [-0.15, -0.1) is 6.42 Å². The van der Waals surface area contributed by atoms with Gasteiger partial charge in [-0.05, 0) is 24.5 Å². The molecule has 7 heteroatoms. The summed E-state index contributed by atoms with van der Waals surface area (Å²) in [6.45, 7) is 1.89. The summed E-state index contributed by atoms with van der Waals surface area (Å²) in [5.74, 6) is 3.01. The van der Waals surface area contributed by atoms with E-state index in [1.54, 1.807) is 23.5 Å². The maximum absolute atomic E-state index is 12.9. The Labute approximate surface area is 144 Å². The minimum Gasteiger partial charge on any atom is -0.352 e. The Bertz CT molecular complexity index is 716. The first-order chi connectivity index (χ1) is 11.6. The van der Waals surface area contributed by atoms with Gasteiger partial charge in [0.15, 0.2) is 5.96 Å². The standard InChI is InChI=1S/C17H24N4O2S/c1-3-11-19-17(18-2)20-14-15-9-5-6-10-16(15)24(22,23)21-12-7-4-8-13-21/h1,5-6,9-10H,4,7-8,11-14H2,2H3,(H2,18,19,20). The molecule has 0 unspecified atom stereocenters. The van der Waals surface area contributed by atoms with Gasteiger partial charge in [-0.1, -0.05) is 30.5 Å². The first kappa shape index (κ1) is 18.3. The van der Waals surface area contributed by atoms with Crippen LogP contribution in [0.15, 0.2) is 34.2 Å². The average molecular weight is 348 g/mol. The fourth-order valence-electron chi connectivity index (χ4n) is 2.68. The Kier molecular flexibility index (Phi) is 6.64. The number of piperidine rings is 1. The van der Waals surface area contributed by atoms with E-state index < -0.39 is 10.0 Å². The average Bonchev–Trinajstić information content (AvgIpc) is 2.63. The molecule has 0 atom stereocenters. The van der Waals surface area contributed by atoms with Crippen molar-refractivity contribution in [2.45, 2.75) is 30.7 Å². The van der Waals surface area contributed by atoms with E-state index in [0.717, 1.165) is 19.3 Å². The molecular formula is C17H24N4O2S. The summed E-state index contributed by atoms with van der Waals surface area (Å²) in [5, 5.41) is 6.05. The lowest BCUT2D eigenvalue weighted by Gasteiger charge is -2.27. The van der Waals surface area contributed by atoms with Gasteiger partial charge >= 0.3 is 0 Å². The van der Waals surface area contributed by atoms with Gasteiger partial charge < -0.3 is 10.6 Å². The highest BCUT2D eigenvalue weighted by Crippen LogP contribution is 2.23. The predicted molar refractivity (Wildman–Crippen MR) is 96.1 cm³/mol. The zero-order valence-electron chi connectivity index (χ0n) is 14.0. The third-order valence-electron chi connectivity index (χ3n) is 3.93. The smallest absolute Gasteiger partial charge is 0.243 e. The second-order valence-corrected chi connectivity index (χ2v) is 7.46. The summed E-state index contributed by atoms with van der Waals surface area (Å²) >= 11 is 0. The molecule has 1 aromatic rings. The van der Waals surface area contributed by atoms with Crippen molar-refractivity contribution in [3.63, 3.8) is 0 Å². The van der Waals surface area contributed by atoms with E-state index in [1.165, 1.54) is 0 Å². The van der Waals surface area contributed by atoms with E-state index in [2.05, 4.69) is 21.5 Å². The maximum Gasteiger partial charge on any atom is 0.243 e. The van der Waals surface area contributed by atoms with Crippen molar-refractivity contribution in [3.05, 3.63) is 29.8 Å². The normalized spacial score (nSPS) is 16.4. The molecule has 2 N–H and O–H groups in total. The zero-order valence-corrected chi connectivity index (χ0v) is 14.8. The Morgan fingerprint density at radius 3 is 2.62 bits per heavy atom. The quantitative estimate of drug-likeness (QED) is 0.476. The molecule has 2 rings (SSSR count). The predicted octanol–water partition coefficient (Wildman–Crippen LogP) is 1.16. The van der Waals surface area contributed by atoms with Crippen LogP contribution < -0.4 is 10.6 Å². The van der Waals surface area contributed by atoms with E-state index >= 15 is 0 Å². The van der Waals surface area contributed by atoms with E-state index in [4.69, 9.17) is 6.42 Å². The second-order valence-electron chi connectivity index (χ2n) is 5.56. The fraction of sp³-hybridized carbons (Fsp3) is 0.471. The van der Waals surface area contributed by atoms with Gasteiger partial charge in [-0.25, -0.2) is 8.42 Å². The fourth-order valence-corrected chi connectivity index (χ4v) is 4.42. The third kappa shape index (κ3) is 4.49. The van der Waals surface area contributed by atoms with Crippen LogP contribution in [-0.4, -0.2) is 45.4 Å². The van der Waals surface area contributed by atoms with Crippen molar-refractivity contribution in [1.82, 2.24) is 14.9 Å². The molecule has 0 saturated carbocycles. The molecule has 0 radical (unpaired) electrons. The Balaban J connectivity index is 2.16. The largest absolute Gasteiger partial charge is 0.352 e. The zero-order chi connectivity index (χ0) is 17.4. The van der Waals surface area contributed by atoms with Crippen LogP contribution in [0.5, 0.6) is 0 Å². The van der Waals surface area contributed by atoms with Crippen LogP contribution in [0.4, 0.5) is 0 Å². The van der Waals surface area contributed by atoms with Gasteiger partial charge in [0.25, 0.3) is 0 Å². The SMILES string of the molecule is C#CCNC(=NC)NCc1ccccc1S(=O)(=O)N1CCCCC1. The van der Waals surface area contributed by atoms with Gasteiger partial charge in [0.2, 0.25) is 10.0 Å². The van der Waals surface area contributed by atoms with Crippen molar-refractivity contribution < 1.29 is 8.42 Å². The number of hydrogen-bond donors (Lipinski definition) is 2. The lowest BCUT2D eigenvalue weighted by atomic mass is 10.2. The van der Waals surface area contributed by atoms with Gasteiger partial charge in [0.05, 0.1) is 11.4 Å². The Morgan fingerprint density at radius 2 is 1.96 bits per heavy atom. The highest BCUT2D eigenvalue weighted by Gasteiger charge is 2.27. The first-order valence-corrected chi connectivity index (χ1v) is 9.49. The van der Waals surface area contributed by atoms with E-state index in [-0.39, 0.29) is 0 Å². The highest BCUT2D eigenvalue weighted by atomic mass is 32.2. The number of rotatable bonds is 5. The first-order valence-electron chi connectivity index (χ1n) is 8.05. The number of hydrogen-bond acceptors (Lipinski definition) is 3. The monoisotopic (exact) mass is 348 g/mol. The van der Waals surface area contributed by atoms with Crippen LogP contribution in [0.2, 0.25) is 0 Å². The molecule has 0 aromatic heterocycles. The van der Waals surface area contributed by atoms with Crippen LogP contribution in [0.1, 0.15) is 24.8 Å². The number of aliphatic imine (C=N–C) groups is 1. The van der Waals surface area contributed by atoms with E-state index in [1.807, 2.05) is 12.1 Å². The van der Waals surface area contributed by atoms with Crippen LogP contribution in [-0.2, 0) is 16.6 Å². The second kappa shape index (κ2) is 8.71. The minimum absolute atomic E-state index is 0.354. The maximum atomic E-state index is 12.9. The van der Waals surface area contributed by atoms with Crippen molar-refractivity contribution in [2.75, 3.05) is 26.7 Å². The molecule has 1 aliphatic rings. The van der Waals surface area contributed by atoms with Gasteiger partial charge in [-0.2, -0.15) is 4.31 Å². The topological polar surface area (TPSA) is 73.8 Å². The van der Waals surface area contributed by atoms with Gasteiger partial charge in [0, 0.05) is 26.7 Å². The van der Waals surface area contributed by atoms with Crippen molar-refractivity contribution in [1.29, 1.82) is 0 Å². The number of benzene rings is 1. The number of guanidine groups is 1. The Morgan fingerprint density at radius 1 is 1.25 bits per heavy atom. The molecule has 130 valence electrons. The highest BCUT2D eigenvalue weighted by molar-refractivity contribution is 7.89. The molecule has 0 aliphatic carbocycles. The third-order valence-corrected chi connectivity index (χ3v) is 5.93. The summed E-state index contributed by atoms with van der Waals surface area (Å²) in [6, 6.07) is 7.08. The van der Waals surface area contributed by atoms with Crippen molar-refractivity contribution in [3.8, 4) is 12.3 Å². The summed E-state index contributed by atoms with van der Waals surface area (Å²) in [4.78, 5) is 4.41. The number of nitrogens with one attached hydrogen (secondary N) is 2. The molecule has 1 heterocycles. The lowest BCUT2D eigenvalue weighted by molar-refractivity contribution is 0.346. The van der Waals surface area contributed by atoms with Crippen molar-refractivity contribution in [2.24, 2.45) is 4.99 Å². The molecular weight excluding hydrogens is 324 g/mol. The molecule has 0 spiro atoms. The van der Waals surface area contributed by atoms with Crippen LogP contribution in [0.25, 0.3) is 0 Å². The molecule has 1 fully saturated rings. The minimum atomic E-state index is -3.46. The summed E-state index contributed by atoms with van der Waals surface area (Å²) in [7, 11) is -1.82. The molecule has 24 heavy (non-hydrogen) atoms. The summed E-state index contributed by atoms with van der Waals surface area (Å²) < 4.78 is 27.4. The van der Waals surface area contributed by atoms with Gasteiger partial charge in [-0.3, -0.25) is 4.99 Å². The van der Waals surface area contributed by atoms with Crippen LogP contribution in [0, 0.1) is 12.3 Å². The number of nitrogens with zero attached hydrogens (tertiary/aromatic N) is 2. The van der Waals surface area contributed by atoms with Gasteiger partial charge in [0.1, 0.15) is 0 Å². The summed E-state index contributed by atoms with van der Waals surface area (Å²) in [5.41, 5.74) is 0.715. The number of terminal acetylenes is 1. The molecule has 1 aromatic carbocycles. The summed E-state index contributed by atoms with van der Waals surface area (Å²) in [6.07, 6.45) is 8.15. The molecule has 0 amide bonds. The van der Waals surface area contributed by atoms with E-state index in [0.29, 0.717) is 42.6 Å². The lowest BCUT2D eigenvalue weighted by Crippen LogP contribution is -2.38. The number of sulfonamides is 1. The molecule has 1 saturated heterocycles. The van der Waals surface area contributed by atoms with E-state index in [9.17, 15) is 8.42 Å². The van der Waals surface area contributed by atoms with Crippen LogP contribution >= 0.6 is 0 Å². The molecule has 1 aliphatic heterocycles. The Hall–Kier alpha value is -2.04. The van der Waals surface area contributed by atoms with Crippen molar-refractivity contribution >= 4 is 16.0 Å². The molecule has 6 nitrogen and oxygen atoms in total. The van der Waals surface area contributed by atoms with Crippen LogP contribution in [0.3, 0.4) is 0 Å².